The molecule has 1 N–H and O–H groups in total. The van der Waals surface area contributed by atoms with Gasteiger partial charge in [-0.2, -0.15) is 5.10 Å². The molecule has 0 aliphatic carbocycles. The van der Waals surface area contributed by atoms with Gasteiger partial charge in [0, 0.05) is 18.9 Å². The van der Waals surface area contributed by atoms with Gasteiger partial charge in [-0.25, -0.2) is 14.6 Å². The van der Waals surface area contributed by atoms with Crippen molar-refractivity contribution in [3.05, 3.63) is 83.7 Å². The van der Waals surface area contributed by atoms with Gasteiger partial charge in [-0.3, -0.25) is 4.98 Å². The number of fused-ring (bicyclic) bond motifs is 1. The molecule has 3 aromatic heterocycles. The summed E-state index contributed by atoms with van der Waals surface area (Å²) in [6.07, 6.45) is 10.6. The van der Waals surface area contributed by atoms with Crippen LogP contribution in [0.1, 0.15) is 41.4 Å². The molecule has 0 saturated heterocycles. The van der Waals surface area contributed by atoms with Gasteiger partial charge < -0.3 is 14.4 Å². The number of hydrogen-bond acceptors (Lipinski definition) is 6. The molecule has 32 heavy (non-hydrogen) atoms. The van der Waals surface area contributed by atoms with Gasteiger partial charge in [-0.1, -0.05) is 18.2 Å². The van der Waals surface area contributed by atoms with E-state index in [1.165, 1.54) is 0 Å². The Balaban J connectivity index is 1.44. The van der Waals surface area contributed by atoms with E-state index in [1.807, 2.05) is 66.2 Å². The molecule has 0 spiro atoms. The molecule has 0 bridgehead atoms. The zero-order valence-electron chi connectivity index (χ0n) is 18.0. The van der Waals surface area contributed by atoms with Gasteiger partial charge in [0.05, 0.1) is 30.5 Å². The Kier molecular flexibility index (Phi) is 5.07. The van der Waals surface area contributed by atoms with Crippen LogP contribution in [0.5, 0.6) is 5.75 Å². The summed E-state index contributed by atoms with van der Waals surface area (Å²) >= 11 is 0. The van der Waals surface area contributed by atoms with Crippen LogP contribution in [0.3, 0.4) is 0 Å². The fraction of sp³-hybridized carbons (Fsp3) is 0.250. The molecule has 8 nitrogen and oxygen atoms in total. The summed E-state index contributed by atoms with van der Waals surface area (Å²) in [5.41, 5.74) is 2.18. The number of aliphatic hydroxyl groups is 1. The topological polar surface area (TPSA) is 90.9 Å². The van der Waals surface area contributed by atoms with Gasteiger partial charge >= 0.3 is 0 Å². The Morgan fingerprint density at radius 2 is 2.06 bits per heavy atom. The minimum atomic E-state index is -1.23. The van der Waals surface area contributed by atoms with E-state index in [9.17, 15) is 5.11 Å². The van der Waals surface area contributed by atoms with Crippen molar-refractivity contribution in [3.63, 3.8) is 0 Å². The van der Waals surface area contributed by atoms with Gasteiger partial charge in [-0.05, 0) is 55.7 Å². The first kappa shape index (κ1) is 20.1. The van der Waals surface area contributed by atoms with Crippen LogP contribution in [0.25, 0.3) is 17.8 Å². The molecule has 0 radical (unpaired) electrons. The third-order valence-electron chi connectivity index (χ3n) is 5.67. The molecule has 0 saturated carbocycles. The predicted molar refractivity (Wildman–Crippen MR) is 120 cm³/mol. The number of aromatic nitrogens is 6. The van der Waals surface area contributed by atoms with Crippen molar-refractivity contribution < 1.29 is 9.84 Å². The van der Waals surface area contributed by atoms with E-state index in [4.69, 9.17) is 4.74 Å². The summed E-state index contributed by atoms with van der Waals surface area (Å²) in [7, 11) is 1.65. The van der Waals surface area contributed by atoms with E-state index in [2.05, 4.69) is 20.1 Å². The molecule has 5 rings (SSSR count). The summed E-state index contributed by atoms with van der Waals surface area (Å²) in [6.45, 7) is 2.67. The van der Waals surface area contributed by atoms with Crippen molar-refractivity contribution >= 4 is 12.2 Å². The highest BCUT2D eigenvalue weighted by atomic mass is 16.5. The summed E-state index contributed by atoms with van der Waals surface area (Å²) in [5.74, 6) is 1.82. The molecule has 0 unspecified atom stereocenters. The molecule has 1 aromatic carbocycles. The third kappa shape index (κ3) is 3.58. The number of imidazole rings is 1. The SMILES string of the molecule is COc1cc(/C=C/c2nc3n(n2)CCC[C@@]3(O)c2ccccn2)ccc1-n1cnc(C)c1. The molecular weight excluding hydrogens is 404 g/mol. The van der Waals surface area contributed by atoms with Gasteiger partial charge in [0.25, 0.3) is 0 Å². The first-order valence-corrected chi connectivity index (χ1v) is 10.5. The fourth-order valence-electron chi connectivity index (χ4n) is 4.07. The third-order valence-corrected chi connectivity index (χ3v) is 5.67. The highest BCUT2D eigenvalue weighted by Crippen LogP contribution is 2.35. The van der Waals surface area contributed by atoms with E-state index >= 15 is 0 Å². The number of rotatable bonds is 5. The summed E-state index contributed by atoms with van der Waals surface area (Å²) < 4.78 is 9.30. The lowest BCUT2D eigenvalue weighted by Crippen LogP contribution is -2.36. The number of hydrogen-bond donors (Lipinski definition) is 1. The maximum Gasteiger partial charge on any atom is 0.174 e. The Morgan fingerprint density at radius 3 is 2.81 bits per heavy atom. The lowest BCUT2D eigenvalue weighted by Gasteiger charge is -2.30. The van der Waals surface area contributed by atoms with Crippen LogP contribution in [0.15, 0.2) is 55.1 Å². The van der Waals surface area contributed by atoms with E-state index < -0.39 is 5.60 Å². The van der Waals surface area contributed by atoms with Crippen LogP contribution in [0.2, 0.25) is 0 Å². The lowest BCUT2D eigenvalue weighted by atomic mass is 9.90. The second-order valence-electron chi connectivity index (χ2n) is 7.88. The van der Waals surface area contributed by atoms with Crippen molar-refractivity contribution in [2.75, 3.05) is 7.11 Å². The number of methoxy groups -OCH3 is 1. The minimum Gasteiger partial charge on any atom is -0.495 e. The molecule has 1 aliphatic heterocycles. The van der Waals surface area contributed by atoms with Crippen LogP contribution in [-0.2, 0) is 12.1 Å². The molecule has 4 heterocycles. The van der Waals surface area contributed by atoms with Gasteiger partial charge in [0.1, 0.15) is 5.75 Å². The van der Waals surface area contributed by atoms with Crippen LogP contribution >= 0.6 is 0 Å². The fourth-order valence-corrected chi connectivity index (χ4v) is 4.07. The standard InChI is InChI=1S/C24H24N6O2/c1-17-15-29(16-26-17)19-9-7-18(14-20(19)32-2)8-10-22-27-23-24(31,11-5-13-30(23)28-22)21-6-3-4-12-25-21/h3-4,6-10,12,14-16,31H,5,11,13H2,1-2H3/b10-8+/t24-/m1/s1. The van der Waals surface area contributed by atoms with Crippen LogP contribution in [0.4, 0.5) is 0 Å². The average molecular weight is 428 g/mol. The normalized spacial score (nSPS) is 18.1. The quantitative estimate of drug-likeness (QED) is 0.524. The van der Waals surface area contributed by atoms with E-state index in [0.29, 0.717) is 23.8 Å². The first-order chi connectivity index (χ1) is 15.6. The van der Waals surface area contributed by atoms with Crippen LogP contribution in [-0.4, -0.2) is 41.5 Å². The number of pyridine rings is 1. The number of benzene rings is 1. The van der Waals surface area contributed by atoms with Gasteiger partial charge in [-0.15, -0.1) is 0 Å². The van der Waals surface area contributed by atoms with E-state index in [-0.39, 0.29) is 0 Å². The molecule has 4 aromatic rings. The highest BCUT2D eigenvalue weighted by molar-refractivity contribution is 5.69. The lowest BCUT2D eigenvalue weighted by molar-refractivity contribution is 0.0354. The van der Waals surface area contributed by atoms with Crippen molar-refractivity contribution in [2.24, 2.45) is 0 Å². The first-order valence-electron chi connectivity index (χ1n) is 10.5. The van der Waals surface area contributed by atoms with Crippen LogP contribution < -0.4 is 4.74 Å². The molecule has 162 valence electrons. The molecule has 0 amide bonds. The minimum absolute atomic E-state index is 0.533. The smallest absolute Gasteiger partial charge is 0.174 e. The van der Waals surface area contributed by atoms with Gasteiger partial charge in [0.2, 0.25) is 0 Å². The summed E-state index contributed by atoms with van der Waals surface area (Å²) in [5, 5.41) is 16.0. The number of ether oxygens (including phenoxy) is 1. The Bertz CT molecular complexity index is 1280. The van der Waals surface area contributed by atoms with E-state index in [1.54, 1.807) is 24.3 Å². The summed E-state index contributed by atoms with van der Waals surface area (Å²) in [4.78, 5) is 13.3. The Morgan fingerprint density at radius 1 is 1.16 bits per heavy atom. The molecule has 8 heteroatoms. The predicted octanol–water partition coefficient (Wildman–Crippen LogP) is 3.38. The van der Waals surface area contributed by atoms with Crippen LogP contribution in [0, 0.1) is 6.92 Å². The molecule has 0 fully saturated rings. The second-order valence-corrected chi connectivity index (χ2v) is 7.88. The Labute approximate surface area is 185 Å². The Hall–Kier alpha value is -3.78. The highest BCUT2D eigenvalue weighted by Gasteiger charge is 2.40. The maximum atomic E-state index is 11.4. The zero-order chi connectivity index (χ0) is 22.1. The number of nitrogens with zero attached hydrogens (tertiary/aromatic N) is 6. The molecular formula is C24H24N6O2. The maximum absolute atomic E-state index is 11.4. The van der Waals surface area contributed by atoms with Crippen molar-refractivity contribution in [3.8, 4) is 11.4 Å². The van der Waals surface area contributed by atoms with Crippen molar-refractivity contribution in [1.82, 2.24) is 29.3 Å². The van der Waals surface area contributed by atoms with Crippen molar-refractivity contribution in [1.29, 1.82) is 0 Å². The number of aryl methyl sites for hydroxylation is 2. The average Bonchev–Trinajstić information content (AvgIpc) is 3.45. The monoisotopic (exact) mass is 428 g/mol. The van der Waals surface area contributed by atoms with E-state index in [0.717, 1.165) is 35.7 Å². The summed E-state index contributed by atoms with van der Waals surface area (Å²) in [6, 6.07) is 11.5. The largest absolute Gasteiger partial charge is 0.495 e. The molecule has 1 aliphatic rings. The second kappa shape index (κ2) is 8.05. The van der Waals surface area contributed by atoms with Gasteiger partial charge in [0.15, 0.2) is 17.2 Å². The zero-order valence-corrected chi connectivity index (χ0v) is 18.0. The molecule has 1 atom stereocenters. The van der Waals surface area contributed by atoms with Crippen molar-refractivity contribution in [2.45, 2.75) is 31.9 Å².